The van der Waals surface area contributed by atoms with Crippen LogP contribution in [0.2, 0.25) is 10.0 Å². The van der Waals surface area contributed by atoms with Crippen molar-refractivity contribution in [1.82, 2.24) is 9.97 Å². The number of rotatable bonds is 3. The first-order chi connectivity index (χ1) is 9.02. The molecule has 0 fully saturated rings. The molecule has 0 aliphatic rings. The smallest absolute Gasteiger partial charge is 0.133 e. The Labute approximate surface area is 127 Å². The van der Waals surface area contributed by atoms with Gasteiger partial charge in [0, 0.05) is 27.6 Å². The van der Waals surface area contributed by atoms with E-state index in [0.29, 0.717) is 14.7 Å². The molecule has 0 radical (unpaired) electrons. The summed E-state index contributed by atoms with van der Waals surface area (Å²) in [4.78, 5) is 7.70. The minimum atomic E-state index is 0.605. The van der Waals surface area contributed by atoms with Crippen molar-refractivity contribution < 1.29 is 0 Å². The van der Waals surface area contributed by atoms with Gasteiger partial charge in [-0.05, 0) is 31.5 Å². The van der Waals surface area contributed by atoms with Gasteiger partial charge >= 0.3 is 0 Å². The summed E-state index contributed by atoms with van der Waals surface area (Å²) >= 11 is 17.6. The third-order valence-electron chi connectivity index (χ3n) is 2.89. The largest absolute Gasteiger partial charge is 0.343 e. The Bertz CT molecular complexity index is 665. The summed E-state index contributed by atoms with van der Waals surface area (Å²) in [5.41, 5.74) is 2.67. The standard InChI is InChI=1S/C14H14Cl2N2S/c1-3-4-12-17-13(8(2)14(19)18-12)10-7-9(15)5-6-11(10)16/h5-7H,3-4H2,1-2H3,(H,17,18,19). The topological polar surface area (TPSA) is 28.7 Å². The molecule has 0 unspecified atom stereocenters. The van der Waals surface area contributed by atoms with Gasteiger partial charge in [-0.3, -0.25) is 0 Å². The molecule has 0 bridgehead atoms. The fraction of sp³-hybridized carbons (Fsp3) is 0.286. The van der Waals surface area contributed by atoms with Crippen LogP contribution in [-0.4, -0.2) is 9.97 Å². The number of hydrogen-bond acceptors (Lipinski definition) is 2. The normalized spacial score (nSPS) is 10.7. The average Bonchev–Trinajstić information content (AvgIpc) is 2.37. The van der Waals surface area contributed by atoms with Crippen LogP contribution in [0.4, 0.5) is 0 Å². The van der Waals surface area contributed by atoms with Gasteiger partial charge in [-0.15, -0.1) is 0 Å². The van der Waals surface area contributed by atoms with Crippen molar-refractivity contribution in [1.29, 1.82) is 0 Å². The predicted molar refractivity (Wildman–Crippen MR) is 83.6 cm³/mol. The van der Waals surface area contributed by atoms with Crippen LogP contribution in [0.25, 0.3) is 11.3 Å². The van der Waals surface area contributed by atoms with E-state index in [-0.39, 0.29) is 0 Å². The van der Waals surface area contributed by atoms with E-state index in [1.165, 1.54) is 0 Å². The highest BCUT2D eigenvalue weighted by Gasteiger charge is 2.11. The number of nitrogens with one attached hydrogen (secondary N) is 1. The van der Waals surface area contributed by atoms with E-state index >= 15 is 0 Å². The highest BCUT2D eigenvalue weighted by molar-refractivity contribution is 7.71. The second-order valence-corrected chi connectivity index (χ2v) is 5.59. The average molecular weight is 313 g/mol. The van der Waals surface area contributed by atoms with E-state index < -0.39 is 0 Å². The zero-order valence-corrected chi connectivity index (χ0v) is 13.1. The van der Waals surface area contributed by atoms with E-state index in [9.17, 15) is 0 Å². The van der Waals surface area contributed by atoms with E-state index in [1.807, 2.05) is 13.0 Å². The number of benzene rings is 1. The van der Waals surface area contributed by atoms with Gasteiger partial charge in [0.25, 0.3) is 0 Å². The molecule has 0 atom stereocenters. The minimum absolute atomic E-state index is 0.605. The van der Waals surface area contributed by atoms with Gasteiger partial charge in [0.05, 0.1) is 5.69 Å². The third kappa shape index (κ3) is 3.16. The molecule has 0 amide bonds. The zero-order valence-electron chi connectivity index (χ0n) is 10.8. The molecule has 1 aromatic carbocycles. The lowest BCUT2D eigenvalue weighted by molar-refractivity contribution is 0.829. The van der Waals surface area contributed by atoms with Crippen molar-refractivity contribution in [2.75, 3.05) is 0 Å². The van der Waals surface area contributed by atoms with Crippen molar-refractivity contribution >= 4 is 35.4 Å². The van der Waals surface area contributed by atoms with Crippen LogP contribution in [0.5, 0.6) is 0 Å². The molecule has 0 saturated heterocycles. The summed E-state index contributed by atoms with van der Waals surface area (Å²) < 4.78 is 0.605. The Morgan fingerprint density at radius 3 is 2.74 bits per heavy atom. The van der Waals surface area contributed by atoms with Gasteiger partial charge in [0.15, 0.2) is 0 Å². The van der Waals surface area contributed by atoms with Gasteiger partial charge < -0.3 is 4.98 Å². The summed E-state index contributed by atoms with van der Waals surface area (Å²) in [5.74, 6) is 0.879. The van der Waals surface area contributed by atoms with Crippen molar-refractivity contribution in [3.8, 4) is 11.3 Å². The molecule has 2 rings (SSSR count). The molecule has 5 heteroatoms. The molecule has 19 heavy (non-hydrogen) atoms. The van der Waals surface area contributed by atoms with Crippen LogP contribution >= 0.6 is 35.4 Å². The van der Waals surface area contributed by atoms with Crippen LogP contribution in [0, 0.1) is 11.6 Å². The first-order valence-corrected chi connectivity index (χ1v) is 7.24. The fourth-order valence-electron chi connectivity index (χ4n) is 1.89. The lowest BCUT2D eigenvalue weighted by Crippen LogP contribution is -2.00. The maximum absolute atomic E-state index is 6.25. The number of nitrogens with zero attached hydrogens (tertiary/aromatic N) is 1. The number of hydrogen-bond donors (Lipinski definition) is 1. The van der Waals surface area contributed by atoms with Crippen molar-refractivity contribution in [2.24, 2.45) is 0 Å². The number of halogens is 2. The first kappa shape index (κ1) is 14.5. The highest BCUT2D eigenvalue weighted by atomic mass is 35.5. The molecule has 0 aliphatic carbocycles. The number of aryl methyl sites for hydroxylation is 1. The van der Waals surface area contributed by atoms with Crippen molar-refractivity contribution in [3.63, 3.8) is 0 Å². The van der Waals surface area contributed by atoms with Gasteiger partial charge in [0.2, 0.25) is 0 Å². The molecule has 0 saturated carbocycles. The second-order valence-electron chi connectivity index (χ2n) is 4.36. The Kier molecular flexibility index (Phi) is 4.61. The van der Waals surface area contributed by atoms with E-state index in [4.69, 9.17) is 35.4 Å². The van der Waals surface area contributed by atoms with Gasteiger partial charge in [0.1, 0.15) is 10.5 Å². The quantitative estimate of drug-likeness (QED) is 0.771. The summed E-state index contributed by atoms with van der Waals surface area (Å²) in [6.45, 7) is 4.04. The van der Waals surface area contributed by atoms with Crippen molar-refractivity contribution in [2.45, 2.75) is 26.7 Å². The maximum atomic E-state index is 6.25. The van der Waals surface area contributed by atoms with E-state index in [2.05, 4.69) is 16.9 Å². The Hall–Kier alpha value is -0.900. The number of H-pyrrole nitrogens is 1. The van der Waals surface area contributed by atoms with Gasteiger partial charge in [-0.2, -0.15) is 0 Å². The zero-order chi connectivity index (χ0) is 14.0. The molecule has 0 aliphatic heterocycles. The highest BCUT2D eigenvalue weighted by Crippen LogP contribution is 2.31. The van der Waals surface area contributed by atoms with Crippen LogP contribution in [0.1, 0.15) is 24.7 Å². The lowest BCUT2D eigenvalue weighted by Gasteiger charge is -2.11. The molecular formula is C14H14Cl2N2S. The number of aromatic amines is 1. The summed E-state index contributed by atoms with van der Waals surface area (Å²) in [5, 5.41) is 1.29. The molecule has 1 heterocycles. The van der Waals surface area contributed by atoms with Crippen LogP contribution < -0.4 is 0 Å². The molecule has 2 nitrogen and oxygen atoms in total. The maximum Gasteiger partial charge on any atom is 0.133 e. The summed E-state index contributed by atoms with van der Waals surface area (Å²) in [6, 6.07) is 5.40. The van der Waals surface area contributed by atoms with Gasteiger partial charge in [-0.25, -0.2) is 4.98 Å². The lowest BCUT2D eigenvalue weighted by atomic mass is 10.1. The van der Waals surface area contributed by atoms with Gasteiger partial charge in [-0.1, -0.05) is 42.3 Å². The molecule has 0 spiro atoms. The molecular weight excluding hydrogens is 299 g/mol. The second kappa shape index (κ2) is 6.04. The molecule has 1 N–H and O–H groups in total. The monoisotopic (exact) mass is 312 g/mol. The summed E-state index contributed by atoms with van der Waals surface area (Å²) in [6.07, 6.45) is 1.86. The molecule has 1 aromatic heterocycles. The van der Waals surface area contributed by atoms with Crippen LogP contribution in [0.15, 0.2) is 18.2 Å². The van der Waals surface area contributed by atoms with Crippen molar-refractivity contribution in [3.05, 3.63) is 44.3 Å². The van der Waals surface area contributed by atoms with E-state index in [0.717, 1.165) is 35.5 Å². The van der Waals surface area contributed by atoms with Crippen LogP contribution in [0.3, 0.4) is 0 Å². The minimum Gasteiger partial charge on any atom is -0.343 e. The predicted octanol–water partition coefficient (Wildman–Crippen LogP) is 5.37. The Morgan fingerprint density at radius 2 is 2.05 bits per heavy atom. The fourth-order valence-corrected chi connectivity index (χ4v) is 2.49. The Morgan fingerprint density at radius 1 is 1.32 bits per heavy atom. The third-order valence-corrected chi connectivity index (χ3v) is 3.85. The van der Waals surface area contributed by atoms with E-state index in [1.54, 1.807) is 12.1 Å². The Balaban J connectivity index is 2.67. The number of aromatic nitrogens is 2. The SMILES string of the molecule is CCCc1nc(=S)c(C)c(-c2cc(Cl)ccc2Cl)[nH]1. The van der Waals surface area contributed by atoms with Crippen LogP contribution in [-0.2, 0) is 6.42 Å². The molecule has 100 valence electrons. The first-order valence-electron chi connectivity index (χ1n) is 6.08. The summed E-state index contributed by atoms with van der Waals surface area (Å²) in [7, 11) is 0. The molecule has 2 aromatic rings.